The van der Waals surface area contributed by atoms with Crippen molar-refractivity contribution < 1.29 is 4.79 Å². The summed E-state index contributed by atoms with van der Waals surface area (Å²) in [5.41, 5.74) is 3.52. The number of rotatable bonds is 2. The second kappa shape index (κ2) is 5.19. The molecule has 0 saturated carbocycles. The number of aldehydes is 1. The van der Waals surface area contributed by atoms with E-state index in [2.05, 4.69) is 11.9 Å². The predicted octanol–water partition coefficient (Wildman–Crippen LogP) is 3.52. The molecule has 4 nitrogen and oxygen atoms in total. The van der Waals surface area contributed by atoms with E-state index in [1.165, 1.54) is 10.6 Å². The van der Waals surface area contributed by atoms with E-state index in [9.17, 15) is 4.79 Å². The summed E-state index contributed by atoms with van der Waals surface area (Å²) < 4.78 is 2.03. The molecule has 112 valence electrons. The highest BCUT2D eigenvalue weighted by Crippen LogP contribution is 2.33. The van der Waals surface area contributed by atoms with Gasteiger partial charge in [0.1, 0.15) is 11.4 Å². The molecule has 0 fully saturated rings. The number of benzene rings is 1. The van der Waals surface area contributed by atoms with E-state index in [0.29, 0.717) is 10.7 Å². The first-order valence-corrected chi connectivity index (χ1v) is 8.29. The minimum absolute atomic E-state index is 0.638. The smallest absolute Gasteiger partial charge is 0.195 e. The molecule has 1 aliphatic heterocycles. The molecule has 0 N–H and O–H groups in total. The number of fused-ring (bicyclic) bond motifs is 3. The third kappa shape index (κ3) is 2.08. The molecule has 3 aromatic rings. The molecule has 4 rings (SSSR count). The Kier molecular flexibility index (Phi) is 3.29. The Hall–Kier alpha value is -1.69. The molecule has 1 aliphatic rings. The van der Waals surface area contributed by atoms with Crippen LogP contribution in [-0.2, 0) is 13.0 Å². The lowest BCUT2D eigenvalue weighted by Gasteiger charge is -2.21. The van der Waals surface area contributed by atoms with Crippen molar-refractivity contribution in [3.05, 3.63) is 45.6 Å². The van der Waals surface area contributed by atoms with Crippen LogP contribution in [0.5, 0.6) is 0 Å². The highest BCUT2D eigenvalue weighted by atomic mass is 35.5. The van der Waals surface area contributed by atoms with Crippen LogP contribution < -0.4 is 0 Å². The van der Waals surface area contributed by atoms with Gasteiger partial charge in [-0.1, -0.05) is 35.1 Å². The maximum absolute atomic E-state index is 11.7. The zero-order valence-corrected chi connectivity index (χ0v) is 13.6. The van der Waals surface area contributed by atoms with Crippen LogP contribution in [-0.4, -0.2) is 34.2 Å². The fourth-order valence-electron chi connectivity index (χ4n) is 2.96. The number of nitrogens with zero attached hydrogens (tertiary/aromatic N) is 3. The van der Waals surface area contributed by atoms with Crippen molar-refractivity contribution in [3.8, 4) is 11.3 Å². The van der Waals surface area contributed by atoms with Gasteiger partial charge in [-0.2, -0.15) is 0 Å². The molecular formula is C16H14ClN3OS. The number of imidazole rings is 1. The lowest BCUT2D eigenvalue weighted by Crippen LogP contribution is -2.26. The third-order valence-electron chi connectivity index (χ3n) is 4.06. The lowest BCUT2D eigenvalue weighted by atomic mass is 10.1. The van der Waals surface area contributed by atoms with Gasteiger partial charge < -0.3 is 4.90 Å². The Morgan fingerprint density at radius 2 is 2.09 bits per heavy atom. The molecule has 0 unspecified atom stereocenters. The topological polar surface area (TPSA) is 37.6 Å². The Morgan fingerprint density at radius 3 is 2.82 bits per heavy atom. The standard InChI is InChI=1S/C16H14ClN3OS/c1-19-7-6-12-14(8-19)22-16-18-15(13(9-21)20(12)16)10-2-4-11(17)5-3-10/h2-5,9H,6-8H2,1H3. The normalized spacial score (nSPS) is 15.2. The quantitative estimate of drug-likeness (QED) is 0.674. The predicted molar refractivity (Wildman–Crippen MR) is 88.9 cm³/mol. The van der Waals surface area contributed by atoms with E-state index in [1.807, 2.05) is 28.7 Å². The maximum atomic E-state index is 11.7. The van der Waals surface area contributed by atoms with Gasteiger partial charge in [-0.15, -0.1) is 0 Å². The monoisotopic (exact) mass is 331 g/mol. The summed E-state index contributed by atoms with van der Waals surface area (Å²) in [6.45, 7) is 1.93. The summed E-state index contributed by atoms with van der Waals surface area (Å²) in [7, 11) is 2.12. The summed E-state index contributed by atoms with van der Waals surface area (Å²) >= 11 is 7.62. The minimum Gasteiger partial charge on any atom is -0.301 e. The molecule has 1 aromatic carbocycles. The van der Waals surface area contributed by atoms with Gasteiger partial charge in [0.25, 0.3) is 0 Å². The highest BCUT2D eigenvalue weighted by Gasteiger charge is 2.24. The van der Waals surface area contributed by atoms with Gasteiger partial charge >= 0.3 is 0 Å². The maximum Gasteiger partial charge on any atom is 0.195 e. The van der Waals surface area contributed by atoms with Gasteiger partial charge in [0.15, 0.2) is 11.2 Å². The lowest BCUT2D eigenvalue weighted by molar-refractivity contribution is 0.111. The van der Waals surface area contributed by atoms with Gasteiger partial charge in [0.05, 0.1) is 0 Å². The van der Waals surface area contributed by atoms with Crippen molar-refractivity contribution in [2.24, 2.45) is 0 Å². The van der Waals surface area contributed by atoms with Crippen LogP contribution >= 0.6 is 22.9 Å². The molecule has 22 heavy (non-hydrogen) atoms. The molecule has 0 amide bonds. The zero-order chi connectivity index (χ0) is 15.3. The van der Waals surface area contributed by atoms with Crippen LogP contribution in [0.4, 0.5) is 0 Å². The molecular weight excluding hydrogens is 318 g/mol. The van der Waals surface area contributed by atoms with Crippen molar-refractivity contribution in [2.45, 2.75) is 13.0 Å². The Bertz CT molecular complexity index is 866. The van der Waals surface area contributed by atoms with Crippen molar-refractivity contribution in [3.63, 3.8) is 0 Å². The first-order valence-electron chi connectivity index (χ1n) is 7.10. The minimum atomic E-state index is 0.638. The molecule has 0 bridgehead atoms. The molecule has 0 spiro atoms. The van der Waals surface area contributed by atoms with Gasteiger partial charge in [0.2, 0.25) is 0 Å². The first kappa shape index (κ1) is 13.9. The summed E-state index contributed by atoms with van der Waals surface area (Å²) in [6.07, 6.45) is 1.86. The summed E-state index contributed by atoms with van der Waals surface area (Å²) in [6, 6.07) is 7.46. The van der Waals surface area contributed by atoms with E-state index in [-0.39, 0.29) is 0 Å². The average Bonchev–Trinajstić information content (AvgIpc) is 3.02. The number of thiazole rings is 1. The Balaban J connectivity index is 1.92. The van der Waals surface area contributed by atoms with Crippen molar-refractivity contribution in [1.82, 2.24) is 14.3 Å². The number of halogens is 1. The number of aromatic nitrogens is 2. The fraction of sp³-hybridized carbons (Fsp3) is 0.250. The van der Waals surface area contributed by atoms with E-state index >= 15 is 0 Å². The SMILES string of the molecule is CN1CCc2c(sc3nc(-c4ccc(Cl)cc4)c(C=O)n23)C1. The average molecular weight is 332 g/mol. The molecule has 6 heteroatoms. The molecule has 0 radical (unpaired) electrons. The number of carbonyl (C=O) groups is 1. The molecule has 0 aliphatic carbocycles. The van der Waals surface area contributed by atoms with Crippen LogP contribution in [0.25, 0.3) is 16.2 Å². The Labute approximate surface area is 137 Å². The second-order valence-electron chi connectivity index (χ2n) is 5.55. The molecule has 2 aromatic heterocycles. The van der Waals surface area contributed by atoms with Crippen LogP contribution in [0, 0.1) is 0 Å². The van der Waals surface area contributed by atoms with Crippen LogP contribution in [0.1, 0.15) is 21.1 Å². The number of hydrogen-bond donors (Lipinski definition) is 0. The number of likely N-dealkylation sites (N-methyl/N-ethyl adjacent to an activating group) is 1. The third-order valence-corrected chi connectivity index (χ3v) is 5.38. The van der Waals surface area contributed by atoms with Crippen molar-refractivity contribution in [2.75, 3.05) is 13.6 Å². The molecule has 3 heterocycles. The van der Waals surface area contributed by atoms with Crippen LogP contribution in [0.2, 0.25) is 5.02 Å². The van der Waals surface area contributed by atoms with Crippen molar-refractivity contribution >= 4 is 34.2 Å². The van der Waals surface area contributed by atoms with Crippen LogP contribution in [0.15, 0.2) is 24.3 Å². The Morgan fingerprint density at radius 1 is 1.32 bits per heavy atom. The van der Waals surface area contributed by atoms with Crippen LogP contribution in [0.3, 0.4) is 0 Å². The zero-order valence-electron chi connectivity index (χ0n) is 12.0. The first-order chi connectivity index (χ1) is 10.7. The van der Waals surface area contributed by atoms with E-state index in [4.69, 9.17) is 16.6 Å². The molecule has 0 saturated heterocycles. The van der Waals surface area contributed by atoms with E-state index < -0.39 is 0 Å². The van der Waals surface area contributed by atoms with E-state index in [0.717, 1.165) is 42.0 Å². The van der Waals surface area contributed by atoms with Gasteiger partial charge in [-0.05, 0) is 19.2 Å². The van der Waals surface area contributed by atoms with Gasteiger partial charge in [-0.3, -0.25) is 9.20 Å². The highest BCUT2D eigenvalue weighted by molar-refractivity contribution is 7.17. The molecule has 0 atom stereocenters. The largest absolute Gasteiger partial charge is 0.301 e. The number of hydrogen-bond acceptors (Lipinski definition) is 4. The second-order valence-corrected chi connectivity index (χ2v) is 7.05. The van der Waals surface area contributed by atoms with E-state index in [1.54, 1.807) is 11.3 Å². The van der Waals surface area contributed by atoms with Crippen molar-refractivity contribution in [1.29, 1.82) is 0 Å². The number of carbonyl (C=O) groups excluding carboxylic acids is 1. The van der Waals surface area contributed by atoms with Gasteiger partial charge in [0, 0.05) is 40.7 Å². The van der Waals surface area contributed by atoms with Gasteiger partial charge in [-0.25, -0.2) is 4.98 Å². The fourth-order valence-corrected chi connectivity index (χ4v) is 4.34. The summed E-state index contributed by atoms with van der Waals surface area (Å²) in [5.74, 6) is 0. The summed E-state index contributed by atoms with van der Waals surface area (Å²) in [4.78, 5) is 20.9. The summed E-state index contributed by atoms with van der Waals surface area (Å²) in [5, 5.41) is 0.679.